The Balaban J connectivity index is 2.86. The third kappa shape index (κ3) is 0.695. The van der Waals surface area contributed by atoms with Crippen LogP contribution in [0.15, 0.2) is 0 Å². The molecule has 6 heteroatoms. The van der Waals surface area contributed by atoms with Crippen molar-refractivity contribution in [3.63, 3.8) is 0 Å². The molecule has 0 aliphatic heterocycles. The predicted molar refractivity (Wildman–Crippen MR) is 33.5 cm³/mol. The minimum Gasteiger partial charge on any atom is -0.492 e. The Morgan fingerprint density at radius 3 is 3.00 bits per heavy atom. The number of fused-ring (bicyclic) bond motifs is 1. The second kappa shape index (κ2) is 1.84. The van der Waals surface area contributed by atoms with Crippen molar-refractivity contribution in [1.82, 2.24) is 18.7 Å². The van der Waals surface area contributed by atoms with Gasteiger partial charge < -0.3 is 5.11 Å². The Kier molecular flexibility index (Phi) is 1.01. The molecule has 0 unspecified atom stereocenters. The molecule has 2 aromatic heterocycles. The van der Waals surface area contributed by atoms with E-state index in [1.165, 1.54) is 0 Å². The molecule has 5 nitrogen and oxygen atoms in total. The zero-order valence-electron chi connectivity index (χ0n) is 4.64. The third-order valence-electron chi connectivity index (χ3n) is 0.928. The molecule has 49 valence electrons. The van der Waals surface area contributed by atoms with E-state index in [9.17, 15) is 0 Å². The molecule has 0 saturated heterocycles. The lowest BCUT2D eigenvalue weighted by Gasteiger charge is -1.83. The summed E-state index contributed by atoms with van der Waals surface area (Å²) in [6, 6.07) is 0. The van der Waals surface area contributed by atoms with Gasteiger partial charge in [-0.25, -0.2) is 4.98 Å². The number of nitrogens with zero attached hydrogens (tertiary/aromatic N) is 4. The number of hydrogen-bond donors (Lipinski definition) is 1. The first-order chi connectivity index (χ1) is 4.86. The first kappa shape index (κ1) is 5.48. The van der Waals surface area contributed by atoms with Crippen molar-refractivity contribution in [1.29, 1.82) is 0 Å². The summed E-state index contributed by atoms with van der Waals surface area (Å²) in [5, 5.41) is 8.76. The van der Waals surface area contributed by atoms with Crippen molar-refractivity contribution in [3.05, 3.63) is 6.20 Å². The summed E-state index contributed by atoms with van der Waals surface area (Å²) in [6.07, 6.45) is 2.26. The maximum absolute atomic E-state index is 8.76. The molecule has 0 bridgehead atoms. The molecule has 0 aliphatic rings. The van der Waals surface area contributed by atoms with Crippen molar-refractivity contribution in [3.8, 4) is 5.88 Å². The Morgan fingerprint density at radius 2 is 2.10 bits per heavy atom. The molecule has 0 amide bonds. The van der Waals surface area contributed by atoms with Crippen LogP contribution in [0.4, 0.5) is 0 Å². The van der Waals surface area contributed by atoms with Crippen LogP contribution in [-0.2, 0) is 0 Å². The van der Waals surface area contributed by atoms with Gasteiger partial charge in [0.05, 0.1) is 11.7 Å². The molecule has 0 fully saturated rings. The Labute approximate surface area is 59.7 Å². The second-order valence-electron chi connectivity index (χ2n) is 1.57. The third-order valence-corrected chi connectivity index (χ3v) is 1.44. The van der Waals surface area contributed by atoms with E-state index in [0.717, 1.165) is 11.7 Å². The van der Waals surface area contributed by atoms with Gasteiger partial charge >= 0.3 is 0 Å². The predicted octanol–water partition coefficient (Wildman–Crippen LogP) is -0.0129. The van der Waals surface area contributed by atoms with Crippen molar-refractivity contribution >= 4 is 23.0 Å². The van der Waals surface area contributed by atoms with Gasteiger partial charge in [0.2, 0.25) is 17.2 Å². The van der Waals surface area contributed by atoms with Crippen LogP contribution in [0.1, 0.15) is 0 Å². The van der Waals surface area contributed by atoms with E-state index in [2.05, 4.69) is 24.9 Å². The van der Waals surface area contributed by atoms with Crippen LogP contribution in [-0.4, -0.2) is 23.8 Å². The van der Waals surface area contributed by atoms with Crippen molar-refractivity contribution < 1.29 is 5.11 Å². The van der Waals surface area contributed by atoms with E-state index in [4.69, 9.17) is 5.11 Å². The molecule has 1 N–H and O–H groups in total. The molecule has 2 aromatic rings. The van der Waals surface area contributed by atoms with E-state index in [1.807, 2.05) is 0 Å². The Hall–Kier alpha value is -1.30. The summed E-state index contributed by atoms with van der Waals surface area (Å²) in [7, 11) is 0. The number of aromatic nitrogens is 4. The zero-order valence-corrected chi connectivity index (χ0v) is 5.46. The normalized spacial score (nSPS) is 10.4. The Morgan fingerprint density at radius 1 is 1.30 bits per heavy atom. The lowest BCUT2D eigenvalue weighted by atomic mass is 10.6. The van der Waals surface area contributed by atoms with Gasteiger partial charge in [0, 0.05) is 0 Å². The fraction of sp³-hybridized carbons (Fsp3) is 0. The smallest absolute Gasteiger partial charge is 0.242 e. The molecule has 1 radical (unpaired) electrons. The van der Waals surface area contributed by atoms with Gasteiger partial charge in [0.1, 0.15) is 0 Å². The van der Waals surface area contributed by atoms with Crippen LogP contribution < -0.4 is 0 Å². The van der Waals surface area contributed by atoms with E-state index < -0.39 is 0 Å². The molecule has 2 rings (SSSR count). The quantitative estimate of drug-likeness (QED) is 0.576. The van der Waals surface area contributed by atoms with E-state index in [0.29, 0.717) is 11.3 Å². The van der Waals surface area contributed by atoms with Crippen molar-refractivity contribution in [2.75, 3.05) is 0 Å². The van der Waals surface area contributed by atoms with E-state index >= 15 is 0 Å². The molecule has 0 spiro atoms. The van der Waals surface area contributed by atoms with Crippen molar-refractivity contribution in [2.45, 2.75) is 0 Å². The molecule has 0 aromatic carbocycles. The Bertz CT molecular complexity index is 359. The lowest BCUT2D eigenvalue weighted by Crippen LogP contribution is -1.81. The highest BCUT2D eigenvalue weighted by Gasteiger charge is 2.00. The molecule has 2 heterocycles. The van der Waals surface area contributed by atoms with Crippen LogP contribution >= 0.6 is 11.7 Å². The standard InChI is InChI=1S/C4HN4OS/c9-2-1-5-3-4(6-2)8-10-7-3/h(H,6,8,9). The van der Waals surface area contributed by atoms with Gasteiger partial charge in [0.15, 0.2) is 6.20 Å². The maximum Gasteiger partial charge on any atom is 0.242 e. The molecular formula is C4HN4OS. The van der Waals surface area contributed by atoms with Gasteiger partial charge in [-0.05, 0) is 0 Å². The van der Waals surface area contributed by atoms with E-state index in [-0.39, 0.29) is 5.88 Å². The highest BCUT2D eigenvalue weighted by Crippen LogP contribution is 2.07. The summed E-state index contributed by atoms with van der Waals surface area (Å²) in [6.45, 7) is 0. The van der Waals surface area contributed by atoms with Gasteiger partial charge in [-0.1, -0.05) is 0 Å². The van der Waals surface area contributed by atoms with Gasteiger partial charge in [-0.15, -0.1) is 0 Å². The first-order valence-electron chi connectivity index (χ1n) is 2.43. The molecule has 0 aliphatic carbocycles. The number of aromatic hydroxyl groups is 1. The number of rotatable bonds is 0. The fourth-order valence-electron chi connectivity index (χ4n) is 0.548. The van der Waals surface area contributed by atoms with Gasteiger partial charge in [-0.2, -0.15) is 13.7 Å². The van der Waals surface area contributed by atoms with Crippen LogP contribution in [0.2, 0.25) is 0 Å². The molecule has 0 saturated carbocycles. The minimum atomic E-state index is -0.250. The topological polar surface area (TPSA) is 71.8 Å². The fourth-order valence-corrected chi connectivity index (χ4v) is 0.989. The second-order valence-corrected chi connectivity index (χ2v) is 2.10. The minimum absolute atomic E-state index is 0.250. The van der Waals surface area contributed by atoms with Crippen LogP contribution in [0.3, 0.4) is 0 Å². The van der Waals surface area contributed by atoms with Gasteiger partial charge in [0.25, 0.3) is 0 Å². The first-order valence-corrected chi connectivity index (χ1v) is 3.16. The summed E-state index contributed by atoms with van der Waals surface area (Å²) >= 11 is 1.01. The average Bonchev–Trinajstić information content (AvgIpc) is 2.33. The summed E-state index contributed by atoms with van der Waals surface area (Å²) in [5.41, 5.74) is 0.782. The largest absolute Gasteiger partial charge is 0.492 e. The maximum atomic E-state index is 8.76. The monoisotopic (exact) mass is 153 g/mol. The molecule has 0 atom stereocenters. The molecular weight excluding hydrogens is 152 g/mol. The highest BCUT2D eigenvalue weighted by atomic mass is 32.1. The van der Waals surface area contributed by atoms with Gasteiger partial charge in [-0.3, -0.25) is 0 Å². The average molecular weight is 153 g/mol. The van der Waals surface area contributed by atoms with Crippen LogP contribution in [0, 0.1) is 6.20 Å². The van der Waals surface area contributed by atoms with Crippen molar-refractivity contribution in [2.24, 2.45) is 0 Å². The summed E-state index contributed by atoms with van der Waals surface area (Å²) in [5.74, 6) is -0.250. The van der Waals surface area contributed by atoms with Crippen LogP contribution in [0.5, 0.6) is 5.88 Å². The molecule has 10 heavy (non-hydrogen) atoms. The van der Waals surface area contributed by atoms with Crippen LogP contribution in [0.25, 0.3) is 11.3 Å². The number of hydrogen-bond acceptors (Lipinski definition) is 6. The van der Waals surface area contributed by atoms with E-state index in [1.54, 1.807) is 0 Å². The highest BCUT2D eigenvalue weighted by molar-refractivity contribution is 6.99. The lowest BCUT2D eigenvalue weighted by molar-refractivity contribution is 0.451. The summed E-state index contributed by atoms with van der Waals surface area (Å²) in [4.78, 5) is 7.25. The zero-order chi connectivity index (χ0) is 6.97. The summed E-state index contributed by atoms with van der Waals surface area (Å²) < 4.78 is 7.53. The SMILES string of the molecule is Oc1[c]nc2nsnc2n1.